The van der Waals surface area contributed by atoms with E-state index in [4.69, 9.17) is 4.74 Å². The van der Waals surface area contributed by atoms with Gasteiger partial charge in [0.25, 0.3) is 0 Å². The second-order valence-electron chi connectivity index (χ2n) is 6.63. The molecule has 0 spiro atoms. The second kappa shape index (κ2) is 6.09. The third-order valence-corrected chi connectivity index (χ3v) is 3.66. The van der Waals surface area contributed by atoms with Crippen LogP contribution in [0.3, 0.4) is 0 Å². The van der Waals surface area contributed by atoms with Crippen LogP contribution in [0.15, 0.2) is 0 Å². The lowest BCUT2D eigenvalue weighted by Crippen LogP contribution is -2.45. The van der Waals surface area contributed by atoms with Crippen LogP contribution in [-0.4, -0.2) is 67.3 Å². The smallest absolute Gasteiger partial charge is 0.410 e. The lowest BCUT2D eigenvalue weighted by atomic mass is 10.1. The van der Waals surface area contributed by atoms with Gasteiger partial charge in [-0.25, -0.2) is 4.79 Å². The summed E-state index contributed by atoms with van der Waals surface area (Å²) in [5.74, 6) is 0.602. The van der Waals surface area contributed by atoms with Gasteiger partial charge in [-0.15, -0.1) is 0 Å². The van der Waals surface area contributed by atoms with Crippen LogP contribution in [0.4, 0.5) is 4.79 Å². The third kappa shape index (κ3) is 4.66. The van der Waals surface area contributed by atoms with E-state index in [1.54, 1.807) is 0 Å². The van der Waals surface area contributed by atoms with Crippen LogP contribution in [0.1, 0.15) is 27.2 Å². The summed E-state index contributed by atoms with van der Waals surface area (Å²) in [5, 5.41) is 3.37. The van der Waals surface area contributed by atoms with E-state index in [-0.39, 0.29) is 6.09 Å². The Bertz CT molecular complexity index is 308. The number of nitrogens with zero attached hydrogens (tertiary/aromatic N) is 2. The van der Waals surface area contributed by atoms with E-state index in [0.717, 1.165) is 52.2 Å². The average Bonchev–Trinajstić information content (AvgIpc) is 2.77. The van der Waals surface area contributed by atoms with Crippen molar-refractivity contribution in [1.29, 1.82) is 0 Å². The highest BCUT2D eigenvalue weighted by molar-refractivity contribution is 5.68. The second-order valence-corrected chi connectivity index (χ2v) is 6.63. The first-order chi connectivity index (χ1) is 8.94. The Labute approximate surface area is 116 Å². The van der Waals surface area contributed by atoms with E-state index in [9.17, 15) is 4.79 Å². The van der Waals surface area contributed by atoms with Crippen LogP contribution in [0.5, 0.6) is 0 Å². The van der Waals surface area contributed by atoms with Crippen molar-refractivity contribution in [2.45, 2.75) is 32.8 Å². The maximum absolute atomic E-state index is 12.0. The van der Waals surface area contributed by atoms with Crippen LogP contribution in [0, 0.1) is 5.92 Å². The number of likely N-dealkylation sites (tertiary alicyclic amines) is 1. The Morgan fingerprint density at radius 3 is 2.58 bits per heavy atom. The molecule has 1 unspecified atom stereocenters. The molecular formula is C14H27N3O2. The molecule has 0 aromatic heterocycles. The van der Waals surface area contributed by atoms with Crippen LogP contribution >= 0.6 is 0 Å². The average molecular weight is 269 g/mol. The number of carbonyl (C=O) groups is 1. The number of nitrogens with one attached hydrogen (secondary N) is 1. The molecule has 1 N–H and O–H groups in total. The summed E-state index contributed by atoms with van der Waals surface area (Å²) in [5.41, 5.74) is -0.395. The Morgan fingerprint density at radius 1 is 1.26 bits per heavy atom. The van der Waals surface area contributed by atoms with Gasteiger partial charge >= 0.3 is 6.09 Å². The van der Waals surface area contributed by atoms with Gasteiger partial charge in [-0.05, 0) is 33.1 Å². The van der Waals surface area contributed by atoms with Gasteiger partial charge in [-0.2, -0.15) is 0 Å². The molecule has 19 heavy (non-hydrogen) atoms. The Hall–Kier alpha value is -0.810. The minimum Gasteiger partial charge on any atom is -0.444 e. The summed E-state index contributed by atoms with van der Waals surface area (Å²) in [6.45, 7) is 13.0. The van der Waals surface area contributed by atoms with E-state index in [1.807, 2.05) is 25.7 Å². The maximum Gasteiger partial charge on any atom is 0.410 e. The standard InChI is InChI=1S/C14H27N3O2/c1-14(2,3)19-13(18)17-7-4-12(11-17)10-16-8-5-15-6-9-16/h12,15H,4-11H2,1-3H3. The molecule has 0 aromatic carbocycles. The summed E-state index contributed by atoms with van der Waals surface area (Å²) in [6.07, 6.45) is 0.943. The summed E-state index contributed by atoms with van der Waals surface area (Å²) < 4.78 is 5.42. The molecule has 2 rings (SSSR count). The summed E-state index contributed by atoms with van der Waals surface area (Å²) >= 11 is 0. The van der Waals surface area contributed by atoms with Gasteiger partial charge in [-0.3, -0.25) is 0 Å². The number of rotatable bonds is 2. The number of ether oxygens (including phenoxy) is 1. The molecule has 0 radical (unpaired) electrons. The number of carbonyl (C=O) groups excluding carboxylic acids is 1. The van der Waals surface area contributed by atoms with Crippen molar-refractivity contribution < 1.29 is 9.53 Å². The first-order valence-corrected chi connectivity index (χ1v) is 7.35. The zero-order valence-electron chi connectivity index (χ0n) is 12.4. The van der Waals surface area contributed by atoms with Gasteiger partial charge in [0.2, 0.25) is 0 Å². The monoisotopic (exact) mass is 269 g/mol. The Kier molecular flexibility index (Phi) is 4.68. The van der Waals surface area contributed by atoms with Gasteiger partial charge in [0.05, 0.1) is 0 Å². The number of hydrogen-bond donors (Lipinski definition) is 1. The first-order valence-electron chi connectivity index (χ1n) is 7.35. The zero-order chi connectivity index (χ0) is 13.9. The van der Waals surface area contributed by atoms with Crippen LogP contribution in [0.2, 0.25) is 0 Å². The SMILES string of the molecule is CC(C)(C)OC(=O)N1CCC(CN2CCNCC2)C1. The fraction of sp³-hybridized carbons (Fsp3) is 0.929. The van der Waals surface area contributed by atoms with Gasteiger partial charge < -0.3 is 19.9 Å². The van der Waals surface area contributed by atoms with Crippen molar-refractivity contribution in [3.05, 3.63) is 0 Å². The zero-order valence-corrected chi connectivity index (χ0v) is 12.4. The van der Waals surface area contributed by atoms with E-state index in [1.165, 1.54) is 0 Å². The lowest BCUT2D eigenvalue weighted by molar-refractivity contribution is 0.0285. The summed E-state index contributed by atoms with van der Waals surface area (Å²) in [7, 11) is 0. The molecule has 110 valence electrons. The van der Waals surface area contributed by atoms with E-state index in [2.05, 4.69) is 10.2 Å². The van der Waals surface area contributed by atoms with Gasteiger partial charge in [0.1, 0.15) is 5.60 Å². The van der Waals surface area contributed by atoms with Crippen molar-refractivity contribution in [3.8, 4) is 0 Å². The number of piperazine rings is 1. The molecule has 2 heterocycles. The largest absolute Gasteiger partial charge is 0.444 e. The normalized spacial score (nSPS) is 25.6. The maximum atomic E-state index is 12.0. The topological polar surface area (TPSA) is 44.8 Å². The van der Waals surface area contributed by atoms with Crippen molar-refractivity contribution in [1.82, 2.24) is 15.1 Å². The highest BCUT2D eigenvalue weighted by Gasteiger charge is 2.30. The number of amides is 1. The van der Waals surface area contributed by atoms with Gasteiger partial charge in [0.15, 0.2) is 0 Å². The Balaban J connectivity index is 1.74. The number of hydrogen-bond acceptors (Lipinski definition) is 4. The fourth-order valence-corrected chi connectivity index (χ4v) is 2.73. The first kappa shape index (κ1) is 14.6. The van der Waals surface area contributed by atoms with Crippen LogP contribution in [0.25, 0.3) is 0 Å². The van der Waals surface area contributed by atoms with Gasteiger partial charge in [0, 0.05) is 45.8 Å². The van der Waals surface area contributed by atoms with Crippen LogP contribution < -0.4 is 5.32 Å². The molecule has 2 aliphatic rings. The van der Waals surface area contributed by atoms with E-state index in [0.29, 0.717) is 5.92 Å². The molecule has 0 aromatic rings. The van der Waals surface area contributed by atoms with Crippen molar-refractivity contribution in [2.75, 3.05) is 45.8 Å². The third-order valence-electron chi connectivity index (χ3n) is 3.66. The summed E-state index contributed by atoms with van der Waals surface area (Å²) in [6, 6.07) is 0. The molecule has 2 aliphatic heterocycles. The Morgan fingerprint density at radius 2 is 1.95 bits per heavy atom. The van der Waals surface area contributed by atoms with Crippen molar-refractivity contribution in [3.63, 3.8) is 0 Å². The van der Waals surface area contributed by atoms with Crippen molar-refractivity contribution in [2.24, 2.45) is 5.92 Å². The molecule has 0 aliphatic carbocycles. The van der Waals surface area contributed by atoms with Gasteiger partial charge in [-0.1, -0.05) is 0 Å². The molecular weight excluding hydrogens is 242 g/mol. The molecule has 0 saturated carbocycles. The minimum atomic E-state index is -0.395. The molecule has 2 fully saturated rings. The molecule has 5 nitrogen and oxygen atoms in total. The molecule has 5 heteroatoms. The molecule has 1 amide bonds. The van der Waals surface area contributed by atoms with Crippen molar-refractivity contribution >= 4 is 6.09 Å². The lowest BCUT2D eigenvalue weighted by Gasteiger charge is -2.29. The predicted octanol–water partition coefficient (Wildman–Crippen LogP) is 1.15. The quantitative estimate of drug-likeness (QED) is 0.817. The molecule has 0 bridgehead atoms. The predicted molar refractivity (Wildman–Crippen MR) is 75.2 cm³/mol. The highest BCUT2D eigenvalue weighted by atomic mass is 16.6. The summed E-state index contributed by atoms with van der Waals surface area (Å²) in [4.78, 5) is 16.3. The van der Waals surface area contributed by atoms with Crippen LogP contribution in [-0.2, 0) is 4.74 Å². The highest BCUT2D eigenvalue weighted by Crippen LogP contribution is 2.20. The molecule has 1 atom stereocenters. The van der Waals surface area contributed by atoms with E-state index >= 15 is 0 Å². The molecule has 2 saturated heterocycles. The minimum absolute atomic E-state index is 0.157. The fourth-order valence-electron chi connectivity index (χ4n) is 2.73. The van der Waals surface area contributed by atoms with E-state index < -0.39 is 5.60 Å².